The third kappa shape index (κ3) is 3.49. The minimum absolute atomic E-state index is 0.0689. The number of rotatable bonds is 5. The Labute approximate surface area is 124 Å². The molecule has 21 heavy (non-hydrogen) atoms. The number of nitrogens with one attached hydrogen (secondary N) is 1. The third-order valence-corrected chi connectivity index (χ3v) is 3.56. The second-order valence-corrected chi connectivity index (χ2v) is 5.20. The Morgan fingerprint density at radius 2 is 2.10 bits per heavy atom. The minimum atomic E-state index is -0.339. The van der Waals surface area contributed by atoms with Gasteiger partial charge in [-0.05, 0) is 31.9 Å². The number of para-hydroxylation sites is 1. The standard InChI is InChI=1S/C16H21N3O2/c1-4-12(3)17-10-13-15(20)9-16(21)19(18-13)14-8-6-5-7-11(14)2/h5-9,12,17,20H,4,10H2,1-3H3. The van der Waals surface area contributed by atoms with Crippen LogP contribution in [0.2, 0.25) is 0 Å². The molecule has 0 aliphatic rings. The van der Waals surface area contributed by atoms with Crippen LogP contribution in [0.25, 0.3) is 5.69 Å². The van der Waals surface area contributed by atoms with Crippen LogP contribution in [0, 0.1) is 6.92 Å². The van der Waals surface area contributed by atoms with Gasteiger partial charge in [0, 0.05) is 18.7 Å². The molecule has 0 fully saturated rings. The SMILES string of the molecule is CCC(C)NCc1nn(-c2ccccc2C)c(=O)cc1O. The Morgan fingerprint density at radius 3 is 2.76 bits per heavy atom. The van der Waals surface area contributed by atoms with E-state index in [-0.39, 0.29) is 11.3 Å². The Bertz CT molecular complexity index is 679. The molecule has 2 N–H and O–H groups in total. The van der Waals surface area contributed by atoms with E-state index in [1.165, 1.54) is 10.7 Å². The van der Waals surface area contributed by atoms with Gasteiger partial charge in [-0.1, -0.05) is 25.1 Å². The van der Waals surface area contributed by atoms with E-state index < -0.39 is 0 Å². The maximum atomic E-state index is 12.1. The zero-order valence-corrected chi connectivity index (χ0v) is 12.6. The fourth-order valence-corrected chi connectivity index (χ4v) is 2.00. The summed E-state index contributed by atoms with van der Waals surface area (Å²) in [4.78, 5) is 12.1. The summed E-state index contributed by atoms with van der Waals surface area (Å²) >= 11 is 0. The summed E-state index contributed by atoms with van der Waals surface area (Å²) in [6.07, 6.45) is 0.984. The van der Waals surface area contributed by atoms with Crippen LogP contribution in [0.1, 0.15) is 31.5 Å². The minimum Gasteiger partial charge on any atom is -0.506 e. The van der Waals surface area contributed by atoms with Gasteiger partial charge in [0.15, 0.2) is 0 Å². The van der Waals surface area contributed by atoms with Crippen molar-refractivity contribution in [3.05, 3.63) is 51.9 Å². The first-order valence-corrected chi connectivity index (χ1v) is 7.14. The average molecular weight is 287 g/mol. The fraction of sp³-hybridized carbons (Fsp3) is 0.375. The average Bonchev–Trinajstić information content (AvgIpc) is 2.47. The summed E-state index contributed by atoms with van der Waals surface area (Å²) < 4.78 is 1.34. The van der Waals surface area contributed by atoms with Gasteiger partial charge in [0.2, 0.25) is 0 Å². The van der Waals surface area contributed by atoms with E-state index in [1.807, 2.05) is 31.2 Å². The molecule has 0 spiro atoms. The van der Waals surface area contributed by atoms with Gasteiger partial charge in [-0.25, -0.2) is 0 Å². The molecule has 0 saturated heterocycles. The lowest BCUT2D eigenvalue weighted by Crippen LogP contribution is -2.28. The van der Waals surface area contributed by atoms with E-state index in [4.69, 9.17) is 0 Å². The largest absolute Gasteiger partial charge is 0.506 e. The summed E-state index contributed by atoms with van der Waals surface area (Å²) in [5.74, 6) is -0.0689. The van der Waals surface area contributed by atoms with Gasteiger partial charge < -0.3 is 10.4 Å². The monoisotopic (exact) mass is 287 g/mol. The lowest BCUT2D eigenvalue weighted by atomic mass is 10.2. The predicted octanol–water partition coefficient (Wildman–Crippen LogP) is 2.13. The molecule has 0 bridgehead atoms. The summed E-state index contributed by atoms with van der Waals surface area (Å²) in [7, 11) is 0. The van der Waals surface area contributed by atoms with Crippen LogP contribution in [-0.4, -0.2) is 20.9 Å². The van der Waals surface area contributed by atoms with Gasteiger partial charge in [0.05, 0.1) is 5.69 Å². The number of nitrogens with zero attached hydrogens (tertiary/aromatic N) is 2. The molecule has 1 aromatic carbocycles. The number of benzene rings is 1. The molecule has 2 rings (SSSR count). The molecule has 1 unspecified atom stereocenters. The third-order valence-electron chi connectivity index (χ3n) is 3.56. The van der Waals surface area contributed by atoms with Crippen LogP contribution in [0.4, 0.5) is 0 Å². The quantitative estimate of drug-likeness (QED) is 0.884. The zero-order valence-electron chi connectivity index (χ0n) is 12.6. The highest BCUT2D eigenvalue weighted by molar-refractivity contribution is 5.40. The summed E-state index contributed by atoms with van der Waals surface area (Å²) in [5, 5.41) is 17.5. The smallest absolute Gasteiger partial charge is 0.275 e. The van der Waals surface area contributed by atoms with Gasteiger partial charge in [0.1, 0.15) is 11.4 Å². The van der Waals surface area contributed by atoms with Crippen molar-refractivity contribution in [1.29, 1.82) is 0 Å². The topological polar surface area (TPSA) is 67.2 Å². The van der Waals surface area contributed by atoms with E-state index in [0.717, 1.165) is 17.7 Å². The molecule has 0 aliphatic heterocycles. The van der Waals surface area contributed by atoms with Crippen LogP contribution in [0.3, 0.4) is 0 Å². The normalized spacial score (nSPS) is 12.3. The highest BCUT2D eigenvalue weighted by Gasteiger charge is 2.11. The van der Waals surface area contributed by atoms with E-state index in [2.05, 4.69) is 24.3 Å². The van der Waals surface area contributed by atoms with E-state index in [1.54, 1.807) is 0 Å². The molecule has 0 saturated carbocycles. The van der Waals surface area contributed by atoms with Crippen molar-refractivity contribution in [3.63, 3.8) is 0 Å². The molecular weight excluding hydrogens is 266 g/mol. The van der Waals surface area contributed by atoms with Crippen LogP contribution >= 0.6 is 0 Å². The van der Waals surface area contributed by atoms with Gasteiger partial charge in [0.25, 0.3) is 5.56 Å². The molecule has 0 aliphatic carbocycles. The first-order valence-electron chi connectivity index (χ1n) is 7.14. The Hall–Kier alpha value is -2.14. The predicted molar refractivity (Wildman–Crippen MR) is 82.8 cm³/mol. The van der Waals surface area contributed by atoms with Crippen molar-refractivity contribution >= 4 is 0 Å². The lowest BCUT2D eigenvalue weighted by molar-refractivity contribution is 0.443. The summed E-state index contributed by atoms with van der Waals surface area (Å²) in [6.45, 7) is 6.49. The highest BCUT2D eigenvalue weighted by Crippen LogP contribution is 2.15. The van der Waals surface area contributed by atoms with Crippen LogP contribution in [0.15, 0.2) is 35.1 Å². The van der Waals surface area contributed by atoms with Gasteiger partial charge >= 0.3 is 0 Å². The number of aromatic hydroxyl groups is 1. The maximum Gasteiger partial charge on any atom is 0.275 e. The van der Waals surface area contributed by atoms with Gasteiger partial charge in [-0.3, -0.25) is 4.79 Å². The second kappa shape index (κ2) is 6.54. The van der Waals surface area contributed by atoms with Crippen LogP contribution in [0.5, 0.6) is 5.75 Å². The van der Waals surface area contributed by atoms with Crippen molar-refractivity contribution in [2.45, 2.75) is 39.8 Å². The number of aryl methyl sites for hydroxylation is 1. The molecular formula is C16H21N3O2. The summed E-state index contributed by atoms with van der Waals surface area (Å²) in [6, 6.07) is 9.08. The molecule has 2 aromatic rings. The first-order chi connectivity index (χ1) is 10.0. The lowest BCUT2D eigenvalue weighted by Gasteiger charge is -2.13. The number of aromatic nitrogens is 2. The molecule has 112 valence electrons. The van der Waals surface area contributed by atoms with Crippen molar-refractivity contribution < 1.29 is 5.11 Å². The Morgan fingerprint density at radius 1 is 1.38 bits per heavy atom. The summed E-state index contributed by atoms with van der Waals surface area (Å²) in [5.41, 5.74) is 1.82. The van der Waals surface area contributed by atoms with Crippen molar-refractivity contribution in [1.82, 2.24) is 15.1 Å². The van der Waals surface area contributed by atoms with Crippen molar-refractivity contribution in [2.24, 2.45) is 0 Å². The van der Waals surface area contributed by atoms with Gasteiger partial charge in [-0.15, -0.1) is 0 Å². The van der Waals surface area contributed by atoms with Crippen molar-refractivity contribution in [2.75, 3.05) is 0 Å². The molecule has 1 aromatic heterocycles. The molecule has 1 heterocycles. The Balaban J connectivity index is 2.39. The Kier molecular flexibility index (Phi) is 4.75. The highest BCUT2D eigenvalue weighted by atomic mass is 16.3. The van der Waals surface area contributed by atoms with Crippen LogP contribution in [-0.2, 0) is 6.54 Å². The molecule has 5 nitrogen and oxygen atoms in total. The number of hydrogen-bond acceptors (Lipinski definition) is 4. The number of hydrogen-bond donors (Lipinski definition) is 2. The van der Waals surface area contributed by atoms with Crippen LogP contribution < -0.4 is 10.9 Å². The molecule has 1 atom stereocenters. The van der Waals surface area contributed by atoms with Crippen molar-refractivity contribution in [3.8, 4) is 11.4 Å². The van der Waals surface area contributed by atoms with E-state index in [0.29, 0.717) is 18.3 Å². The maximum absolute atomic E-state index is 12.1. The second-order valence-electron chi connectivity index (χ2n) is 5.20. The fourth-order valence-electron chi connectivity index (χ4n) is 2.00. The molecule has 0 radical (unpaired) electrons. The zero-order chi connectivity index (χ0) is 15.4. The first kappa shape index (κ1) is 15.3. The molecule has 0 amide bonds. The van der Waals surface area contributed by atoms with E-state index in [9.17, 15) is 9.90 Å². The van der Waals surface area contributed by atoms with E-state index >= 15 is 0 Å². The molecule has 5 heteroatoms. The van der Waals surface area contributed by atoms with Gasteiger partial charge in [-0.2, -0.15) is 9.78 Å².